The lowest BCUT2D eigenvalue weighted by molar-refractivity contribution is -0.384. The number of non-ortho nitro benzene ring substituents is 1. The first-order valence-electron chi connectivity index (χ1n) is 4.66. The minimum Gasteiger partial charge on any atom is -0.424 e. The lowest BCUT2D eigenvalue weighted by atomic mass is 10.3. The third-order valence-electron chi connectivity index (χ3n) is 1.91. The van der Waals surface area contributed by atoms with Gasteiger partial charge in [0.05, 0.1) is 4.92 Å². The Bertz CT molecular complexity index is 542. The summed E-state index contributed by atoms with van der Waals surface area (Å²) >= 11 is 0. The van der Waals surface area contributed by atoms with E-state index in [2.05, 4.69) is 9.97 Å². The second kappa shape index (κ2) is 4.44. The molecule has 1 heterocycles. The molecule has 1 aromatic carbocycles. The predicted molar refractivity (Wildman–Crippen MR) is 59.6 cm³/mol. The molecule has 0 aliphatic rings. The maximum Gasteiger partial charge on any atom is 0.323 e. The Kier molecular flexibility index (Phi) is 2.82. The maximum atomic E-state index is 10.4. The molecule has 0 spiro atoms. The maximum absolute atomic E-state index is 10.4. The summed E-state index contributed by atoms with van der Waals surface area (Å²) in [5.41, 5.74) is 5.45. The van der Waals surface area contributed by atoms with Crippen molar-refractivity contribution in [1.29, 1.82) is 0 Å². The molecule has 0 fully saturated rings. The summed E-state index contributed by atoms with van der Waals surface area (Å²) in [6.45, 7) is 0. The van der Waals surface area contributed by atoms with Gasteiger partial charge in [0.25, 0.3) is 5.69 Å². The largest absolute Gasteiger partial charge is 0.424 e. The number of hydrogen-bond acceptors (Lipinski definition) is 6. The zero-order chi connectivity index (χ0) is 12.3. The van der Waals surface area contributed by atoms with E-state index in [4.69, 9.17) is 10.5 Å². The molecule has 7 heteroatoms. The third kappa shape index (κ3) is 2.65. The van der Waals surface area contributed by atoms with Crippen molar-refractivity contribution < 1.29 is 9.66 Å². The van der Waals surface area contributed by atoms with Crippen LogP contribution in [0, 0.1) is 10.1 Å². The molecule has 0 amide bonds. The van der Waals surface area contributed by atoms with E-state index in [0.29, 0.717) is 5.75 Å². The average molecular weight is 232 g/mol. The lowest BCUT2D eigenvalue weighted by Gasteiger charge is -2.03. The number of anilines is 1. The summed E-state index contributed by atoms with van der Waals surface area (Å²) in [6, 6.07) is 7.22. The van der Waals surface area contributed by atoms with Crippen molar-refractivity contribution in [1.82, 2.24) is 9.97 Å². The summed E-state index contributed by atoms with van der Waals surface area (Å²) in [5.74, 6) is 0.693. The van der Waals surface area contributed by atoms with Crippen molar-refractivity contribution >= 4 is 11.5 Å². The van der Waals surface area contributed by atoms with Crippen LogP contribution in [0.5, 0.6) is 11.8 Å². The average Bonchev–Trinajstić information content (AvgIpc) is 2.29. The van der Waals surface area contributed by atoms with E-state index in [9.17, 15) is 10.1 Å². The molecule has 17 heavy (non-hydrogen) atoms. The van der Waals surface area contributed by atoms with Crippen LogP contribution in [-0.2, 0) is 0 Å². The summed E-state index contributed by atoms with van der Waals surface area (Å²) in [4.78, 5) is 17.6. The van der Waals surface area contributed by atoms with Gasteiger partial charge in [0.15, 0.2) is 0 Å². The molecule has 0 atom stereocenters. The Morgan fingerprint density at radius 2 is 1.94 bits per heavy atom. The number of hydrogen-bond donors (Lipinski definition) is 1. The van der Waals surface area contributed by atoms with Gasteiger partial charge in [-0.15, -0.1) is 0 Å². The minimum absolute atomic E-state index is 0.00848. The standard InChI is InChI=1S/C10H8N4O3/c11-9-5-6-12-10(13-9)17-8-3-1-7(2-4-8)14(15)16/h1-6H,(H2,11,12,13). The van der Waals surface area contributed by atoms with Crippen LogP contribution < -0.4 is 10.5 Å². The fourth-order valence-electron chi connectivity index (χ4n) is 1.14. The van der Waals surface area contributed by atoms with Gasteiger partial charge in [-0.1, -0.05) is 0 Å². The number of nitro groups is 1. The van der Waals surface area contributed by atoms with E-state index < -0.39 is 4.92 Å². The highest BCUT2D eigenvalue weighted by atomic mass is 16.6. The van der Waals surface area contributed by atoms with Gasteiger partial charge in [-0.3, -0.25) is 10.1 Å². The van der Waals surface area contributed by atoms with Crippen LogP contribution in [0.1, 0.15) is 0 Å². The van der Waals surface area contributed by atoms with Gasteiger partial charge in [0.1, 0.15) is 11.6 Å². The van der Waals surface area contributed by atoms with E-state index in [-0.39, 0.29) is 17.5 Å². The highest BCUT2D eigenvalue weighted by Crippen LogP contribution is 2.21. The van der Waals surface area contributed by atoms with Crippen molar-refractivity contribution in [2.45, 2.75) is 0 Å². The first-order chi connectivity index (χ1) is 8.15. The number of benzene rings is 1. The quantitative estimate of drug-likeness (QED) is 0.638. The van der Waals surface area contributed by atoms with Crippen LogP contribution in [0.4, 0.5) is 11.5 Å². The Labute approximate surface area is 96.0 Å². The van der Waals surface area contributed by atoms with Crippen molar-refractivity contribution in [3.05, 3.63) is 46.6 Å². The predicted octanol–water partition coefficient (Wildman–Crippen LogP) is 1.76. The molecule has 0 saturated heterocycles. The highest BCUT2D eigenvalue weighted by Gasteiger charge is 2.06. The lowest BCUT2D eigenvalue weighted by Crippen LogP contribution is -1.95. The molecule has 0 aliphatic carbocycles. The van der Waals surface area contributed by atoms with Crippen molar-refractivity contribution in [2.24, 2.45) is 0 Å². The van der Waals surface area contributed by atoms with Gasteiger partial charge < -0.3 is 10.5 Å². The van der Waals surface area contributed by atoms with Crippen LogP contribution in [0.3, 0.4) is 0 Å². The van der Waals surface area contributed by atoms with E-state index in [1.807, 2.05) is 0 Å². The number of nitro benzene ring substituents is 1. The number of nitrogens with zero attached hydrogens (tertiary/aromatic N) is 3. The summed E-state index contributed by atoms with van der Waals surface area (Å²) in [7, 11) is 0. The van der Waals surface area contributed by atoms with Crippen LogP contribution in [0.2, 0.25) is 0 Å². The smallest absolute Gasteiger partial charge is 0.323 e. The van der Waals surface area contributed by atoms with Gasteiger partial charge >= 0.3 is 6.01 Å². The molecule has 86 valence electrons. The zero-order valence-electron chi connectivity index (χ0n) is 8.61. The molecule has 0 aliphatic heterocycles. The zero-order valence-corrected chi connectivity index (χ0v) is 8.61. The first kappa shape index (κ1) is 10.8. The van der Waals surface area contributed by atoms with E-state index >= 15 is 0 Å². The highest BCUT2D eigenvalue weighted by molar-refractivity contribution is 5.37. The molecule has 0 saturated carbocycles. The Hall–Kier alpha value is -2.70. The van der Waals surface area contributed by atoms with E-state index in [0.717, 1.165) is 0 Å². The van der Waals surface area contributed by atoms with Crippen LogP contribution in [0.15, 0.2) is 36.5 Å². The van der Waals surface area contributed by atoms with E-state index in [1.54, 1.807) is 0 Å². The van der Waals surface area contributed by atoms with E-state index in [1.165, 1.54) is 36.5 Å². The molecule has 1 aromatic heterocycles. The SMILES string of the molecule is Nc1ccnc(Oc2ccc([N+](=O)[O-])cc2)n1. The Balaban J connectivity index is 2.16. The van der Waals surface area contributed by atoms with Crippen LogP contribution >= 0.6 is 0 Å². The number of aromatic nitrogens is 2. The molecule has 2 aromatic rings. The normalized spacial score (nSPS) is 9.88. The summed E-state index contributed by atoms with van der Waals surface area (Å²) in [6.07, 6.45) is 1.46. The molecule has 0 bridgehead atoms. The van der Waals surface area contributed by atoms with Crippen LogP contribution in [-0.4, -0.2) is 14.9 Å². The summed E-state index contributed by atoms with van der Waals surface area (Å²) < 4.78 is 5.27. The number of ether oxygens (including phenoxy) is 1. The first-order valence-corrected chi connectivity index (χ1v) is 4.66. The molecule has 0 radical (unpaired) electrons. The minimum atomic E-state index is -0.485. The summed E-state index contributed by atoms with van der Waals surface area (Å²) in [5, 5.41) is 10.4. The molecule has 2 rings (SSSR count). The van der Waals surface area contributed by atoms with Gasteiger partial charge in [0, 0.05) is 18.3 Å². The fourth-order valence-corrected chi connectivity index (χ4v) is 1.14. The second-order valence-corrected chi connectivity index (χ2v) is 3.12. The third-order valence-corrected chi connectivity index (χ3v) is 1.91. The molecule has 2 N–H and O–H groups in total. The van der Waals surface area contributed by atoms with Gasteiger partial charge in [-0.25, -0.2) is 4.98 Å². The number of nitrogens with two attached hydrogens (primary N) is 1. The van der Waals surface area contributed by atoms with Crippen LogP contribution in [0.25, 0.3) is 0 Å². The van der Waals surface area contributed by atoms with Crippen molar-refractivity contribution in [3.63, 3.8) is 0 Å². The number of rotatable bonds is 3. The van der Waals surface area contributed by atoms with Crippen molar-refractivity contribution in [3.8, 4) is 11.8 Å². The molecule has 0 unspecified atom stereocenters. The fraction of sp³-hybridized carbons (Fsp3) is 0. The molecule has 7 nitrogen and oxygen atoms in total. The topological polar surface area (TPSA) is 104 Å². The molecular formula is C10H8N4O3. The van der Waals surface area contributed by atoms with Gasteiger partial charge in [-0.05, 0) is 18.2 Å². The number of nitrogen functional groups attached to an aromatic ring is 1. The Morgan fingerprint density at radius 3 is 2.53 bits per heavy atom. The van der Waals surface area contributed by atoms with Gasteiger partial charge in [0.2, 0.25) is 0 Å². The van der Waals surface area contributed by atoms with Gasteiger partial charge in [-0.2, -0.15) is 4.98 Å². The van der Waals surface area contributed by atoms with Crippen molar-refractivity contribution in [2.75, 3.05) is 5.73 Å². The Morgan fingerprint density at radius 1 is 1.24 bits per heavy atom. The molecular weight excluding hydrogens is 224 g/mol. The monoisotopic (exact) mass is 232 g/mol. The second-order valence-electron chi connectivity index (χ2n) is 3.12.